The minimum absolute atomic E-state index is 0.149. The van der Waals surface area contributed by atoms with E-state index < -0.39 is 0 Å². The number of nitrogens with zero attached hydrogens (tertiary/aromatic N) is 1. The Morgan fingerprint density at radius 3 is 2.94 bits per heavy atom. The van der Waals surface area contributed by atoms with Crippen LogP contribution in [0.4, 0.5) is 4.39 Å². The number of amidine groups is 1. The van der Waals surface area contributed by atoms with E-state index in [-0.39, 0.29) is 17.6 Å². The average Bonchev–Trinajstić information content (AvgIpc) is 2.27. The second kappa shape index (κ2) is 5.80. The van der Waals surface area contributed by atoms with Gasteiger partial charge in [0.25, 0.3) is 0 Å². The third-order valence-corrected chi connectivity index (χ3v) is 3.73. The average molecular weight is 314 g/mol. The van der Waals surface area contributed by atoms with Crippen LogP contribution in [0.15, 0.2) is 22.7 Å². The summed E-state index contributed by atoms with van der Waals surface area (Å²) in [6, 6.07) is 4.95. The van der Waals surface area contributed by atoms with E-state index in [1.165, 1.54) is 6.07 Å². The van der Waals surface area contributed by atoms with E-state index in [2.05, 4.69) is 20.8 Å². The van der Waals surface area contributed by atoms with Gasteiger partial charge in [-0.15, -0.1) is 0 Å². The fourth-order valence-corrected chi connectivity index (χ4v) is 2.93. The molecule has 5 heteroatoms. The predicted molar refractivity (Wildman–Crippen MR) is 74.0 cm³/mol. The molecule has 98 valence electrons. The van der Waals surface area contributed by atoms with Crippen molar-refractivity contribution in [2.45, 2.75) is 19.4 Å². The van der Waals surface area contributed by atoms with E-state index in [1.54, 1.807) is 6.07 Å². The lowest BCUT2D eigenvalue weighted by Gasteiger charge is -2.32. The zero-order valence-corrected chi connectivity index (χ0v) is 11.7. The van der Waals surface area contributed by atoms with Gasteiger partial charge in [-0.3, -0.25) is 10.3 Å². The van der Waals surface area contributed by atoms with E-state index in [0.717, 1.165) is 36.0 Å². The zero-order valence-electron chi connectivity index (χ0n) is 10.1. The van der Waals surface area contributed by atoms with Crippen LogP contribution in [0.5, 0.6) is 0 Å². The van der Waals surface area contributed by atoms with Gasteiger partial charge in [-0.05, 0) is 43.1 Å². The van der Waals surface area contributed by atoms with Gasteiger partial charge < -0.3 is 5.73 Å². The van der Waals surface area contributed by atoms with Crippen molar-refractivity contribution in [1.82, 2.24) is 4.90 Å². The molecule has 3 nitrogen and oxygen atoms in total. The third-order valence-electron chi connectivity index (χ3n) is 3.27. The summed E-state index contributed by atoms with van der Waals surface area (Å²) >= 11 is 3.30. The predicted octanol–water partition coefficient (Wildman–Crippen LogP) is 2.74. The Morgan fingerprint density at radius 1 is 1.50 bits per heavy atom. The topological polar surface area (TPSA) is 53.1 Å². The van der Waals surface area contributed by atoms with Crippen LogP contribution < -0.4 is 5.73 Å². The van der Waals surface area contributed by atoms with Crippen LogP contribution in [0.3, 0.4) is 0 Å². The van der Waals surface area contributed by atoms with E-state index in [9.17, 15) is 4.39 Å². The molecule has 0 aliphatic carbocycles. The number of hydrogen-bond acceptors (Lipinski definition) is 2. The minimum atomic E-state index is -0.223. The first kappa shape index (κ1) is 13.5. The maximum absolute atomic E-state index is 13.3. The number of rotatable bonds is 3. The Balaban J connectivity index is 2.02. The molecule has 1 atom stereocenters. The number of piperidine rings is 1. The van der Waals surface area contributed by atoms with Gasteiger partial charge >= 0.3 is 0 Å². The van der Waals surface area contributed by atoms with Crippen LogP contribution >= 0.6 is 15.9 Å². The van der Waals surface area contributed by atoms with Crippen molar-refractivity contribution in [3.05, 3.63) is 34.1 Å². The van der Waals surface area contributed by atoms with Crippen LogP contribution in [0.1, 0.15) is 18.4 Å². The highest BCUT2D eigenvalue weighted by Gasteiger charge is 2.22. The number of hydrogen-bond donors (Lipinski definition) is 2. The fraction of sp³-hybridized carbons (Fsp3) is 0.462. The summed E-state index contributed by atoms with van der Waals surface area (Å²) in [6.07, 6.45) is 2.03. The Morgan fingerprint density at radius 2 is 2.28 bits per heavy atom. The van der Waals surface area contributed by atoms with Crippen molar-refractivity contribution < 1.29 is 4.39 Å². The number of likely N-dealkylation sites (tertiary alicyclic amines) is 1. The zero-order chi connectivity index (χ0) is 13.1. The summed E-state index contributed by atoms with van der Waals surface area (Å²) < 4.78 is 14.0. The number of nitrogens with one attached hydrogen (secondary N) is 1. The number of nitrogens with two attached hydrogens (primary N) is 1. The summed E-state index contributed by atoms with van der Waals surface area (Å²) in [5.74, 6) is 0.190. The van der Waals surface area contributed by atoms with Gasteiger partial charge in [-0.1, -0.05) is 15.9 Å². The largest absolute Gasteiger partial charge is 0.387 e. The summed E-state index contributed by atoms with van der Waals surface area (Å²) in [4.78, 5) is 2.23. The van der Waals surface area contributed by atoms with Crippen molar-refractivity contribution in [2.75, 3.05) is 13.1 Å². The molecule has 3 N–H and O–H groups in total. The van der Waals surface area contributed by atoms with Crippen LogP contribution in [-0.4, -0.2) is 23.8 Å². The highest BCUT2D eigenvalue weighted by Crippen LogP contribution is 2.21. The molecule has 2 rings (SSSR count). The van der Waals surface area contributed by atoms with Crippen molar-refractivity contribution in [1.29, 1.82) is 5.41 Å². The Hall–Kier alpha value is -0.940. The van der Waals surface area contributed by atoms with E-state index in [0.29, 0.717) is 6.54 Å². The molecule has 1 fully saturated rings. The lowest BCUT2D eigenvalue weighted by Crippen LogP contribution is -2.40. The Kier molecular flexibility index (Phi) is 4.35. The summed E-state index contributed by atoms with van der Waals surface area (Å²) in [7, 11) is 0. The van der Waals surface area contributed by atoms with Gasteiger partial charge in [-0.2, -0.15) is 0 Å². The number of benzene rings is 1. The summed E-state index contributed by atoms with van der Waals surface area (Å²) in [5.41, 5.74) is 6.51. The molecule has 1 unspecified atom stereocenters. The molecule has 1 saturated heterocycles. The SMILES string of the molecule is N=C(N)C1CCCN(Cc2cc(F)cc(Br)c2)C1. The second-order valence-corrected chi connectivity index (χ2v) is 5.72. The fourth-order valence-electron chi connectivity index (χ4n) is 2.41. The molecule has 0 radical (unpaired) electrons. The summed E-state index contributed by atoms with van der Waals surface area (Å²) in [6.45, 7) is 2.49. The molecule has 1 aliphatic heterocycles. The van der Waals surface area contributed by atoms with Crippen molar-refractivity contribution >= 4 is 21.8 Å². The maximum Gasteiger partial charge on any atom is 0.124 e. The standard InChI is InChI=1S/C13H17BrFN3/c14-11-4-9(5-12(15)6-11)7-18-3-1-2-10(8-18)13(16)17/h4-6,10H,1-3,7-8H2,(H3,16,17). The van der Waals surface area contributed by atoms with Crippen LogP contribution in [-0.2, 0) is 6.54 Å². The third kappa shape index (κ3) is 3.53. The monoisotopic (exact) mass is 313 g/mol. The highest BCUT2D eigenvalue weighted by molar-refractivity contribution is 9.10. The normalized spacial score (nSPS) is 20.9. The number of halogens is 2. The van der Waals surface area contributed by atoms with Gasteiger partial charge in [0.2, 0.25) is 0 Å². The highest BCUT2D eigenvalue weighted by atomic mass is 79.9. The molecule has 0 amide bonds. The molecule has 0 saturated carbocycles. The van der Waals surface area contributed by atoms with Crippen molar-refractivity contribution in [3.8, 4) is 0 Å². The van der Waals surface area contributed by atoms with Crippen molar-refractivity contribution in [2.24, 2.45) is 11.7 Å². The molecule has 0 bridgehead atoms. The van der Waals surface area contributed by atoms with Gasteiger partial charge in [-0.25, -0.2) is 4.39 Å². The molecular weight excluding hydrogens is 297 g/mol. The van der Waals surface area contributed by atoms with Gasteiger partial charge in [0, 0.05) is 23.5 Å². The second-order valence-electron chi connectivity index (χ2n) is 4.81. The Bertz CT molecular complexity index is 430. The van der Waals surface area contributed by atoms with Crippen molar-refractivity contribution in [3.63, 3.8) is 0 Å². The van der Waals surface area contributed by atoms with Gasteiger partial charge in [0.1, 0.15) is 5.82 Å². The van der Waals surface area contributed by atoms with Crippen LogP contribution in [0.25, 0.3) is 0 Å². The van der Waals surface area contributed by atoms with E-state index >= 15 is 0 Å². The first-order valence-electron chi connectivity index (χ1n) is 6.06. The smallest absolute Gasteiger partial charge is 0.124 e. The van der Waals surface area contributed by atoms with E-state index in [4.69, 9.17) is 11.1 Å². The molecular formula is C13H17BrFN3. The molecule has 1 aliphatic rings. The molecule has 0 aromatic heterocycles. The molecule has 1 aromatic rings. The molecule has 0 spiro atoms. The first-order valence-corrected chi connectivity index (χ1v) is 6.85. The van der Waals surface area contributed by atoms with Gasteiger partial charge in [0.05, 0.1) is 5.84 Å². The first-order chi connectivity index (χ1) is 8.54. The quantitative estimate of drug-likeness (QED) is 0.666. The van der Waals surface area contributed by atoms with Gasteiger partial charge in [0.15, 0.2) is 0 Å². The van der Waals surface area contributed by atoms with Crippen LogP contribution in [0, 0.1) is 17.1 Å². The van der Waals surface area contributed by atoms with Crippen LogP contribution in [0.2, 0.25) is 0 Å². The summed E-state index contributed by atoms with van der Waals surface area (Å²) in [5, 5.41) is 7.51. The maximum atomic E-state index is 13.3. The minimum Gasteiger partial charge on any atom is -0.387 e. The molecule has 1 aromatic carbocycles. The molecule has 1 heterocycles. The Labute approximate surface area is 115 Å². The lowest BCUT2D eigenvalue weighted by atomic mass is 9.96. The lowest BCUT2D eigenvalue weighted by molar-refractivity contribution is 0.195. The van der Waals surface area contributed by atoms with E-state index in [1.807, 2.05) is 6.07 Å². The molecule has 18 heavy (non-hydrogen) atoms.